The Morgan fingerprint density at radius 1 is 0.848 bits per heavy atom. The van der Waals surface area contributed by atoms with Gasteiger partial charge >= 0.3 is 13.8 Å². The number of carbonyl (C=O) groups excluding carboxylic acids is 3. The smallest absolute Gasteiger partial charge is 0.456 e. The molecule has 14 nitrogen and oxygen atoms in total. The molecule has 1 aliphatic heterocycles. The molecule has 3 atom stereocenters. The number of imidazole rings is 1. The monoisotopic (exact) mass is 643 g/mol. The molecule has 3 aromatic carbocycles. The van der Waals surface area contributed by atoms with Gasteiger partial charge in [0, 0.05) is 17.5 Å². The SMILES string of the molecule is O=C(OC1CC(n2cnc3c(N(C(=O)c4ccccc4)C(=O)c4ccccc4)ncnc32)OC1COP(=O)(O)O)c1ccccc1. The number of amides is 2. The highest BCUT2D eigenvalue weighted by molar-refractivity contribution is 7.46. The Hall–Kier alpha value is -5.11. The number of aromatic nitrogens is 4. The van der Waals surface area contributed by atoms with Crippen molar-refractivity contribution in [3.05, 3.63) is 120 Å². The summed E-state index contributed by atoms with van der Waals surface area (Å²) in [6.07, 6.45) is -0.355. The van der Waals surface area contributed by atoms with E-state index in [1.165, 1.54) is 17.2 Å². The number of hydrogen-bond donors (Lipinski definition) is 2. The zero-order valence-electron chi connectivity index (χ0n) is 23.9. The summed E-state index contributed by atoms with van der Waals surface area (Å²) in [6, 6.07) is 24.7. The minimum absolute atomic E-state index is 0.0359. The molecule has 6 rings (SSSR count). The average Bonchev–Trinajstić information content (AvgIpc) is 3.69. The summed E-state index contributed by atoms with van der Waals surface area (Å²) in [7, 11) is -4.87. The summed E-state index contributed by atoms with van der Waals surface area (Å²) in [5.41, 5.74) is 1.05. The van der Waals surface area contributed by atoms with Gasteiger partial charge in [-0.05, 0) is 36.4 Å². The van der Waals surface area contributed by atoms with Crippen LogP contribution in [0.1, 0.15) is 43.7 Å². The number of hydrogen-bond acceptors (Lipinski definition) is 10. The molecule has 3 heterocycles. The third-order valence-corrected chi connectivity index (χ3v) is 7.65. The maximum atomic E-state index is 13.8. The molecule has 1 aliphatic rings. The van der Waals surface area contributed by atoms with Crippen molar-refractivity contribution < 1.29 is 42.7 Å². The predicted molar refractivity (Wildman–Crippen MR) is 162 cm³/mol. The van der Waals surface area contributed by atoms with E-state index in [4.69, 9.17) is 9.47 Å². The van der Waals surface area contributed by atoms with Gasteiger partial charge in [-0.3, -0.25) is 18.7 Å². The topological polar surface area (TPSA) is 183 Å². The molecular formula is C31H26N5O9P. The fraction of sp³-hybridized carbons (Fsp3) is 0.161. The first kappa shape index (κ1) is 30.9. The van der Waals surface area contributed by atoms with Crippen molar-refractivity contribution in [2.45, 2.75) is 24.9 Å². The van der Waals surface area contributed by atoms with Gasteiger partial charge in [-0.25, -0.2) is 29.2 Å². The minimum atomic E-state index is -4.87. The van der Waals surface area contributed by atoms with E-state index < -0.39 is 50.6 Å². The van der Waals surface area contributed by atoms with E-state index >= 15 is 0 Å². The molecule has 0 saturated carbocycles. The fourth-order valence-electron chi connectivity index (χ4n) is 5.01. The van der Waals surface area contributed by atoms with Crippen LogP contribution in [-0.2, 0) is 18.6 Å². The second-order valence-electron chi connectivity index (χ2n) is 10.2. The molecule has 46 heavy (non-hydrogen) atoms. The molecular weight excluding hydrogens is 617 g/mol. The maximum absolute atomic E-state index is 13.8. The number of fused-ring (bicyclic) bond motifs is 1. The first-order valence-electron chi connectivity index (χ1n) is 14.0. The summed E-state index contributed by atoms with van der Waals surface area (Å²) in [5.74, 6) is -2.00. The van der Waals surface area contributed by atoms with Gasteiger partial charge in [0.05, 0.1) is 18.5 Å². The molecule has 234 valence electrons. The van der Waals surface area contributed by atoms with Gasteiger partial charge in [0.15, 0.2) is 17.0 Å². The largest absolute Gasteiger partial charge is 0.469 e. The van der Waals surface area contributed by atoms with E-state index in [0.29, 0.717) is 0 Å². The van der Waals surface area contributed by atoms with E-state index in [2.05, 4.69) is 19.5 Å². The normalized spacial score (nSPS) is 17.9. The molecule has 0 spiro atoms. The third kappa shape index (κ3) is 6.61. The first-order valence-corrected chi connectivity index (χ1v) is 15.5. The highest BCUT2D eigenvalue weighted by Gasteiger charge is 2.41. The van der Waals surface area contributed by atoms with Crippen LogP contribution in [-0.4, -0.2) is 65.9 Å². The number of phosphoric acid groups is 1. The lowest BCUT2D eigenvalue weighted by Crippen LogP contribution is -2.38. The summed E-state index contributed by atoms with van der Waals surface area (Å²) in [6.45, 7) is -0.578. The van der Waals surface area contributed by atoms with Crippen LogP contribution in [0.25, 0.3) is 11.2 Å². The summed E-state index contributed by atoms with van der Waals surface area (Å²) in [5, 5.41) is 0. The predicted octanol–water partition coefficient (Wildman–Crippen LogP) is 3.94. The quantitative estimate of drug-likeness (QED) is 0.134. The molecule has 2 N–H and O–H groups in total. The lowest BCUT2D eigenvalue weighted by molar-refractivity contribution is -0.0491. The maximum Gasteiger partial charge on any atom is 0.469 e. The van der Waals surface area contributed by atoms with Crippen molar-refractivity contribution in [1.82, 2.24) is 19.5 Å². The van der Waals surface area contributed by atoms with Gasteiger partial charge in [-0.1, -0.05) is 54.6 Å². The van der Waals surface area contributed by atoms with Crippen LogP contribution in [0.2, 0.25) is 0 Å². The van der Waals surface area contributed by atoms with Crippen LogP contribution in [0.15, 0.2) is 104 Å². The first-order chi connectivity index (χ1) is 22.2. The van der Waals surface area contributed by atoms with E-state index in [1.54, 1.807) is 91.0 Å². The summed E-state index contributed by atoms with van der Waals surface area (Å²) >= 11 is 0. The van der Waals surface area contributed by atoms with Crippen LogP contribution in [0.3, 0.4) is 0 Å². The van der Waals surface area contributed by atoms with Crippen molar-refractivity contribution in [1.29, 1.82) is 0 Å². The lowest BCUT2D eigenvalue weighted by Gasteiger charge is -2.20. The zero-order valence-corrected chi connectivity index (χ0v) is 24.8. The molecule has 3 unspecified atom stereocenters. The van der Waals surface area contributed by atoms with Gasteiger partial charge in [-0.2, -0.15) is 0 Å². The fourth-order valence-corrected chi connectivity index (χ4v) is 5.35. The van der Waals surface area contributed by atoms with Gasteiger partial charge in [0.2, 0.25) is 0 Å². The Balaban J connectivity index is 1.35. The second-order valence-corrected chi connectivity index (χ2v) is 11.4. The van der Waals surface area contributed by atoms with Gasteiger partial charge < -0.3 is 19.3 Å². The van der Waals surface area contributed by atoms with Crippen molar-refractivity contribution in [2.75, 3.05) is 11.5 Å². The van der Waals surface area contributed by atoms with Gasteiger partial charge in [0.25, 0.3) is 11.8 Å². The summed E-state index contributed by atoms with van der Waals surface area (Å²) in [4.78, 5) is 73.0. The van der Waals surface area contributed by atoms with Crippen molar-refractivity contribution in [2.24, 2.45) is 0 Å². The van der Waals surface area contributed by atoms with E-state index in [1.807, 2.05) is 0 Å². The number of anilines is 1. The number of nitrogens with zero attached hydrogens (tertiary/aromatic N) is 5. The second kappa shape index (κ2) is 13.1. The van der Waals surface area contributed by atoms with Crippen molar-refractivity contribution >= 4 is 42.6 Å². The minimum Gasteiger partial charge on any atom is -0.456 e. The number of ether oxygens (including phenoxy) is 2. The molecule has 2 aromatic heterocycles. The number of phosphoric ester groups is 1. The molecule has 15 heteroatoms. The molecule has 2 amide bonds. The van der Waals surface area contributed by atoms with Gasteiger partial charge in [0.1, 0.15) is 24.8 Å². The van der Waals surface area contributed by atoms with Crippen LogP contribution in [0.4, 0.5) is 5.82 Å². The Labute approximate surface area is 261 Å². The standard InChI is InChI=1S/C31H26N5O9P/c37-29(20-10-4-1-5-11-20)36(30(38)21-12-6-2-7-13-21)28-26-27(32-18-33-28)35(19-34-26)25-16-23(24(44-25)17-43-46(40,41)42)45-31(39)22-14-8-3-9-15-22/h1-15,18-19,23-25H,16-17H2,(H2,40,41,42). The third-order valence-electron chi connectivity index (χ3n) is 7.16. The number of benzene rings is 3. The van der Waals surface area contributed by atoms with Crippen LogP contribution in [0.5, 0.6) is 0 Å². The van der Waals surface area contributed by atoms with E-state index in [-0.39, 0.29) is 40.1 Å². The van der Waals surface area contributed by atoms with E-state index in [0.717, 1.165) is 4.90 Å². The van der Waals surface area contributed by atoms with Gasteiger partial charge in [-0.15, -0.1) is 0 Å². The number of imide groups is 1. The molecule has 0 aliphatic carbocycles. The lowest BCUT2D eigenvalue weighted by atomic mass is 10.1. The Bertz CT molecular complexity index is 1870. The van der Waals surface area contributed by atoms with Crippen LogP contribution in [0, 0.1) is 0 Å². The molecule has 1 fully saturated rings. The van der Waals surface area contributed by atoms with Crippen molar-refractivity contribution in [3.8, 4) is 0 Å². The van der Waals surface area contributed by atoms with Crippen LogP contribution >= 0.6 is 7.82 Å². The van der Waals surface area contributed by atoms with Crippen LogP contribution < -0.4 is 4.90 Å². The Kier molecular flexibility index (Phi) is 8.79. The Morgan fingerprint density at radius 3 is 1.98 bits per heavy atom. The van der Waals surface area contributed by atoms with E-state index in [9.17, 15) is 28.7 Å². The Morgan fingerprint density at radius 2 is 1.41 bits per heavy atom. The number of rotatable bonds is 9. The highest BCUT2D eigenvalue weighted by atomic mass is 31.2. The molecule has 5 aromatic rings. The molecule has 0 radical (unpaired) electrons. The molecule has 1 saturated heterocycles. The van der Waals surface area contributed by atoms with Crippen molar-refractivity contribution in [3.63, 3.8) is 0 Å². The highest BCUT2D eigenvalue weighted by Crippen LogP contribution is 2.40. The average molecular weight is 644 g/mol. The number of esters is 1. The number of carbonyl (C=O) groups is 3. The molecule has 0 bridgehead atoms. The zero-order chi connectivity index (χ0) is 32.3. The summed E-state index contributed by atoms with van der Waals surface area (Å²) < 4.78 is 29.4.